The maximum Gasteiger partial charge on any atom is 0.279 e. The smallest absolute Gasteiger partial charge is 0.279 e. The number of aromatic nitrogens is 3. The number of nitrogens with zero attached hydrogens (tertiary/aromatic N) is 3. The Morgan fingerprint density at radius 2 is 2.00 bits per heavy atom. The highest BCUT2D eigenvalue weighted by Crippen LogP contribution is 2.40. The van der Waals surface area contributed by atoms with E-state index in [-0.39, 0.29) is 5.75 Å². The lowest BCUT2D eigenvalue weighted by atomic mass is 10.1. The molecule has 1 unspecified atom stereocenters. The van der Waals surface area contributed by atoms with Crippen molar-refractivity contribution in [2.75, 3.05) is 0 Å². The Hall–Kier alpha value is -3.49. The molecule has 1 aliphatic rings. The summed E-state index contributed by atoms with van der Waals surface area (Å²) in [6.45, 7) is 3.27. The summed E-state index contributed by atoms with van der Waals surface area (Å²) in [6.07, 6.45) is 1.07. The number of hydrazine groups is 1. The van der Waals surface area contributed by atoms with Crippen LogP contribution in [-0.4, -0.2) is 32.7 Å². The van der Waals surface area contributed by atoms with Crippen LogP contribution in [0.25, 0.3) is 11.0 Å². The molecule has 0 saturated heterocycles. The Kier molecular flexibility index (Phi) is 5.11. The third kappa shape index (κ3) is 3.83. The highest BCUT2D eigenvalue weighted by molar-refractivity contribution is 6.07. The fourth-order valence-electron chi connectivity index (χ4n) is 3.30. The number of fused-ring (bicyclic) bond motifs is 1. The molecule has 1 aromatic carbocycles. The summed E-state index contributed by atoms with van der Waals surface area (Å²) in [6, 6.07) is 7.56. The number of halogens is 1. The fourth-order valence-corrected chi connectivity index (χ4v) is 3.30. The topological polar surface area (TPSA) is 98.1 Å². The predicted molar refractivity (Wildman–Crippen MR) is 107 cm³/mol. The molecule has 2 amide bonds. The number of rotatable bonds is 5. The standard InChI is InChI=1S/C21H22FN5O3/c1-11-18-14(10-16(13-8-9-13)23-19(18)27(3)26-11)21(29)25-24-20(28)12(2)30-17-7-5-4-6-15(17)22/h4-7,10,12-13H,8-9H2,1-3H3,(H,24,28)(H,25,29). The van der Waals surface area contributed by atoms with Gasteiger partial charge in [-0.3, -0.25) is 25.1 Å². The van der Waals surface area contributed by atoms with Gasteiger partial charge in [0, 0.05) is 18.7 Å². The van der Waals surface area contributed by atoms with Crippen LogP contribution >= 0.6 is 0 Å². The van der Waals surface area contributed by atoms with Gasteiger partial charge in [-0.2, -0.15) is 5.10 Å². The van der Waals surface area contributed by atoms with Crippen LogP contribution in [0.1, 0.15) is 47.4 Å². The van der Waals surface area contributed by atoms with Crippen LogP contribution in [0.4, 0.5) is 4.39 Å². The molecule has 1 fully saturated rings. The summed E-state index contributed by atoms with van der Waals surface area (Å²) in [4.78, 5) is 29.8. The summed E-state index contributed by atoms with van der Waals surface area (Å²) in [5, 5.41) is 5.01. The van der Waals surface area contributed by atoms with Crippen molar-refractivity contribution < 1.29 is 18.7 Å². The van der Waals surface area contributed by atoms with E-state index in [0.29, 0.717) is 28.2 Å². The van der Waals surface area contributed by atoms with E-state index in [4.69, 9.17) is 4.74 Å². The van der Waals surface area contributed by atoms with E-state index in [1.807, 2.05) is 0 Å². The lowest BCUT2D eigenvalue weighted by Crippen LogP contribution is -2.47. The monoisotopic (exact) mass is 411 g/mol. The minimum Gasteiger partial charge on any atom is -0.478 e. The summed E-state index contributed by atoms with van der Waals surface area (Å²) in [5.74, 6) is -1.35. The summed E-state index contributed by atoms with van der Waals surface area (Å²) in [5.41, 5.74) is 7.31. The molecule has 0 bridgehead atoms. The summed E-state index contributed by atoms with van der Waals surface area (Å²) < 4.78 is 20.7. The second-order valence-electron chi connectivity index (χ2n) is 7.41. The van der Waals surface area contributed by atoms with Crippen molar-refractivity contribution in [1.82, 2.24) is 25.6 Å². The molecule has 9 heteroatoms. The van der Waals surface area contributed by atoms with E-state index < -0.39 is 23.7 Å². The van der Waals surface area contributed by atoms with Crippen LogP contribution in [-0.2, 0) is 11.8 Å². The quantitative estimate of drug-likeness (QED) is 0.629. The lowest BCUT2D eigenvalue weighted by Gasteiger charge is -2.16. The Morgan fingerprint density at radius 3 is 2.70 bits per heavy atom. The molecule has 2 aromatic heterocycles. The number of hydrogen-bond donors (Lipinski definition) is 2. The molecule has 2 heterocycles. The van der Waals surface area contributed by atoms with Gasteiger partial charge in [-0.15, -0.1) is 0 Å². The molecule has 2 N–H and O–H groups in total. The first kappa shape index (κ1) is 19.8. The van der Waals surface area contributed by atoms with Gasteiger partial charge in [-0.05, 0) is 44.9 Å². The van der Waals surface area contributed by atoms with Crippen LogP contribution in [0.15, 0.2) is 30.3 Å². The van der Waals surface area contributed by atoms with Crippen LogP contribution in [0.2, 0.25) is 0 Å². The third-order valence-electron chi connectivity index (χ3n) is 5.04. The Labute approximate surface area is 172 Å². The largest absolute Gasteiger partial charge is 0.478 e. The number of carbonyl (C=O) groups is 2. The number of ether oxygens (including phenoxy) is 1. The van der Waals surface area contributed by atoms with Gasteiger partial charge in [0.2, 0.25) is 0 Å². The first-order valence-electron chi connectivity index (χ1n) is 9.70. The van der Waals surface area contributed by atoms with E-state index in [2.05, 4.69) is 20.9 Å². The van der Waals surface area contributed by atoms with Crippen molar-refractivity contribution in [2.45, 2.75) is 38.7 Å². The van der Waals surface area contributed by atoms with E-state index in [9.17, 15) is 14.0 Å². The molecule has 8 nitrogen and oxygen atoms in total. The van der Waals surface area contributed by atoms with Crippen LogP contribution in [0.3, 0.4) is 0 Å². The highest BCUT2D eigenvalue weighted by atomic mass is 19.1. The number of nitrogens with one attached hydrogen (secondary N) is 2. The summed E-state index contributed by atoms with van der Waals surface area (Å²) in [7, 11) is 1.78. The molecule has 4 rings (SSSR count). The van der Waals surface area contributed by atoms with Crippen LogP contribution in [0.5, 0.6) is 5.75 Å². The average Bonchev–Trinajstić information content (AvgIpc) is 3.53. The molecule has 0 radical (unpaired) electrons. The Morgan fingerprint density at radius 1 is 1.27 bits per heavy atom. The maximum atomic E-state index is 13.7. The molecule has 0 spiro atoms. The van der Waals surface area contributed by atoms with Crippen molar-refractivity contribution >= 4 is 22.8 Å². The van der Waals surface area contributed by atoms with Gasteiger partial charge in [-0.1, -0.05) is 12.1 Å². The van der Waals surface area contributed by atoms with E-state index in [0.717, 1.165) is 18.5 Å². The summed E-state index contributed by atoms with van der Waals surface area (Å²) >= 11 is 0. The van der Waals surface area contributed by atoms with E-state index >= 15 is 0 Å². The zero-order chi connectivity index (χ0) is 21.4. The zero-order valence-electron chi connectivity index (χ0n) is 16.9. The minimum atomic E-state index is -1.01. The molecule has 156 valence electrons. The fraction of sp³-hybridized carbons (Fsp3) is 0.333. The van der Waals surface area contributed by atoms with Crippen LogP contribution in [0, 0.1) is 12.7 Å². The number of amides is 2. The zero-order valence-corrected chi connectivity index (χ0v) is 16.9. The van der Waals surface area contributed by atoms with Gasteiger partial charge >= 0.3 is 0 Å². The number of aryl methyl sites for hydroxylation is 2. The van der Waals surface area contributed by atoms with Gasteiger partial charge < -0.3 is 4.74 Å². The number of para-hydroxylation sites is 1. The van der Waals surface area contributed by atoms with Gasteiger partial charge in [0.1, 0.15) is 0 Å². The number of carbonyl (C=O) groups excluding carboxylic acids is 2. The number of pyridine rings is 1. The Balaban J connectivity index is 1.49. The van der Waals surface area contributed by atoms with Crippen molar-refractivity contribution in [1.29, 1.82) is 0 Å². The SMILES string of the molecule is Cc1nn(C)c2nc(C3CC3)cc(C(=O)NNC(=O)C(C)Oc3ccccc3F)c12. The number of hydrogen-bond acceptors (Lipinski definition) is 5. The normalized spacial score (nSPS) is 14.4. The predicted octanol–water partition coefficient (Wildman–Crippen LogP) is 2.52. The van der Waals surface area contributed by atoms with Gasteiger partial charge in [0.05, 0.1) is 16.6 Å². The maximum absolute atomic E-state index is 13.7. The van der Waals surface area contributed by atoms with Gasteiger partial charge in [0.15, 0.2) is 23.3 Å². The Bertz CT molecular complexity index is 1140. The molecule has 1 atom stereocenters. The van der Waals surface area contributed by atoms with Gasteiger partial charge in [-0.25, -0.2) is 9.37 Å². The first-order valence-corrected chi connectivity index (χ1v) is 9.70. The molecule has 1 aliphatic carbocycles. The van der Waals surface area contributed by atoms with E-state index in [1.165, 1.54) is 25.1 Å². The molecule has 30 heavy (non-hydrogen) atoms. The molecule has 1 saturated carbocycles. The average molecular weight is 411 g/mol. The number of benzene rings is 1. The van der Waals surface area contributed by atoms with Crippen LogP contribution < -0.4 is 15.6 Å². The minimum absolute atomic E-state index is 0.0395. The van der Waals surface area contributed by atoms with Crippen molar-refractivity contribution in [2.24, 2.45) is 7.05 Å². The molecule has 3 aromatic rings. The first-order chi connectivity index (χ1) is 14.3. The van der Waals surface area contributed by atoms with Gasteiger partial charge in [0.25, 0.3) is 11.8 Å². The lowest BCUT2D eigenvalue weighted by molar-refractivity contribution is -0.128. The highest BCUT2D eigenvalue weighted by Gasteiger charge is 2.28. The third-order valence-corrected chi connectivity index (χ3v) is 5.04. The second-order valence-corrected chi connectivity index (χ2v) is 7.41. The second kappa shape index (κ2) is 7.74. The van der Waals surface area contributed by atoms with Crippen molar-refractivity contribution in [3.8, 4) is 5.75 Å². The molecular weight excluding hydrogens is 389 g/mol. The van der Waals surface area contributed by atoms with E-state index in [1.54, 1.807) is 30.8 Å². The van der Waals surface area contributed by atoms with Crippen molar-refractivity contribution in [3.05, 3.63) is 53.1 Å². The van der Waals surface area contributed by atoms with Crippen molar-refractivity contribution in [3.63, 3.8) is 0 Å². The molecular formula is C21H22FN5O3. The molecule has 0 aliphatic heterocycles.